The lowest BCUT2D eigenvalue weighted by molar-refractivity contribution is -0.122. The maximum Gasteiger partial charge on any atom is 0.222 e. The maximum absolute atomic E-state index is 12.1. The third kappa shape index (κ3) is 2.94. The molecule has 21 heavy (non-hydrogen) atoms. The molecular formula is C15H23N5O. The minimum atomic E-state index is 0.132. The van der Waals surface area contributed by atoms with Crippen molar-refractivity contribution >= 4 is 16.9 Å². The molecule has 1 N–H and O–H groups in total. The van der Waals surface area contributed by atoms with Crippen molar-refractivity contribution in [2.45, 2.75) is 58.0 Å². The molecule has 2 aromatic rings. The lowest BCUT2D eigenvalue weighted by atomic mass is 9.95. The smallest absolute Gasteiger partial charge is 0.222 e. The molecule has 1 fully saturated rings. The second-order valence-corrected chi connectivity index (χ2v) is 5.96. The van der Waals surface area contributed by atoms with Crippen molar-refractivity contribution in [1.29, 1.82) is 0 Å². The Labute approximate surface area is 124 Å². The number of hydrogen-bond acceptors (Lipinski definition) is 3. The minimum absolute atomic E-state index is 0.132. The molecule has 3 rings (SSSR count). The number of carbonyl (C=O) groups is 1. The summed E-state index contributed by atoms with van der Waals surface area (Å²) in [6.07, 6.45) is 8.31. The Kier molecular flexibility index (Phi) is 3.94. The van der Waals surface area contributed by atoms with Gasteiger partial charge >= 0.3 is 0 Å². The normalized spacial score (nSPS) is 16.5. The number of amides is 1. The van der Waals surface area contributed by atoms with E-state index in [1.807, 2.05) is 29.5 Å². The molecule has 1 aliphatic carbocycles. The lowest BCUT2D eigenvalue weighted by Crippen LogP contribution is -2.36. The van der Waals surface area contributed by atoms with E-state index in [1.54, 1.807) is 0 Å². The zero-order valence-corrected chi connectivity index (χ0v) is 12.8. The van der Waals surface area contributed by atoms with Crippen LogP contribution < -0.4 is 5.32 Å². The van der Waals surface area contributed by atoms with Crippen LogP contribution in [0, 0.1) is 6.92 Å². The van der Waals surface area contributed by atoms with Crippen LogP contribution >= 0.6 is 0 Å². The second kappa shape index (κ2) is 5.87. The lowest BCUT2D eigenvalue weighted by Gasteiger charge is -2.22. The molecule has 0 spiro atoms. The van der Waals surface area contributed by atoms with Crippen LogP contribution in [0.4, 0.5) is 0 Å². The molecule has 1 amide bonds. The highest BCUT2D eigenvalue weighted by Gasteiger charge is 2.16. The zero-order chi connectivity index (χ0) is 14.8. The summed E-state index contributed by atoms with van der Waals surface area (Å²) in [6, 6.07) is 0.379. The van der Waals surface area contributed by atoms with Crippen molar-refractivity contribution in [3.63, 3.8) is 0 Å². The quantitative estimate of drug-likeness (QED) is 0.935. The highest BCUT2D eigenvalue weighted by atomic mass is 16.1. The van der Waals surface area contributed by atoms with E-state index in [-0.39, 0.29) is 5.91 Å². The molecule has 0 saturated heterocycles. The molecule has 0 unspecified atom stereocenters. The summed E-state index contributed by atoms with van der Waals surface area (Å²) >= 11 is 0. The van der Waals surface area contributed by atoms with Crippen LogP contribution in [-0.2, 0) is 18.4 Å². The minimum Gasteiger partial charge on any atom is -0.353 e. The van der Waals surface area contributed by atoms with Gasteiger partial charge in [0.05, 0.1) is 18.4 Å². The number of rotatable bonds is 4. The molecule has 1 saturated carbocycles. The van der Waals surface area contributed by atoms with E-state index in [4.69, 9.17) is 0 Å². The molecule has 0 atom stereocenters. The molecular weight excluding hydrogens is 266 g/mol. The van der Waals surface area contributed by atoms with Crippen LogP contribution in [0.15, 0.2) is 6.20 Å². The SMILES string of the molecule is Cc1nn(C)c2cnn(CCC(=O)NC3CCCCC3)c12. The number of nitrogens with zero attached hydrogens (tertiary/aromatic N) is 4. The summed E-state index contributed by atoms with van der Waals surface area (Å²) in [5.41, 5.74) is 3.00. The van der Waals surface area contributed by atoms with Gasteiger partial charge in [-0.25, -0.2) is 0 Å². The summed E-state index contributed by atoms with van der Waals surface area (Å²) in [5, 5.41) is 11.9. The van der Waals surface area contributed by atoms with Crippen molar-refractivity contribution in [2.75, 3.05) is 0 Å². The highest BCUT2D eigenvalue weighted by Crippen LogP contribution is 2.18. The van der Waals surface area contributed by atoms with E-state index in [9.17, 15) is 4.79 Å². The predicted molar refractivity (Wildman–Crippen MR) is 80.9 cm³/mol. The van der Waals surface area contributed by atoms with Crippen molar-refractivity contribution < 1.29 is 4.79 Å². The van der Waals surface area contributed by atoms with Crippen molar-refractivity contribution in [3.05, 3.63) is 11.9 Å². The molecule has 0 radical (unpaired) electrons. The van der Waals surface area contributed by atoms with Crippen LogP contribution in [0.3, 0.4) is 0 Å². The average molecular weight is 289 g/mol. The number of fused-ring (bicyclic) bond motifs is 1. The first-order valence-electron chi connectivity index (χ1n) is 7.79. The summed E-state index contributed by atoms with van der Waals surface area (Å²) in [5.74, 6) is 0.132. The first-order valence-corrected chi connectivity index (χ1v) is 7.79. The van der Waals surface area contributed by atoms with Gasteiger partial charge in [-0.2, -0.15) is 10.2 Å². The molecule has 1 aliphatic rings. The maximum atomic E-state index is 12.1. The molecule has 0 bridgehead atoms. The van der Waals surface area contributed by atoms with Gasteiger partial charge in [0.1, 0.15) is 11.0 Å². The first-order chi connectivity index (χ1) is 10.1. The van der Waals surface area contributed by atoms with Crippen molar-refractivity contribution in [2.24, 2.45) is 7.05 Å². The predicted octanol–water partition coefficient (Wildman–Crippen LogP) is 1.92. The van der Waals surface area contributed by atoms with Crippen LogP contribution in [0.5, 0.6) is 0 Å². The average Bonchev–Trinajstić information content (AvgIpc) is 3.01. The van der Waals surface area contributed by atoms with E-state index < -0.39 is 0 Å². The Morgan fingerprint density at radius 3 is 2.90 bits per heavy atom. The third-order valence-electron chi connectivity index (χ3n) is 4.33. The third-order valence-corrected chi connectivity index (χ3v) is 4.33. The molecule has 0 aliphatic heterocycles. The van der Waals surface area contributed by atoms with Gasteiger partial charge in [-0.3, -0.25) is 14.2 Å². The highest BCUT2D eigenvalue weighted by molar-refractivity contribution is 5.78. The van der Waals surface area contributed by atoms with E-state index in [2.05, 4.69) is 15.5 Å². The Bertz CT molecular complexity index is 636. The van der Waals surface area contributed by atoms with E-state index in [1.165, 1.54) is 19.3 Å². The summed E-state index contributed by atoms with van der Waals surface area (Å²) < 4.78 is 3.72. The van der Waals surface area contributed by atoms with Gasteiger partial charge in [0.2, 0.25) is 5.91 Å². The molecule has 2 aromatic heterocycles. The Hall–Kier alpha value is -1.85. The number of aryl methyl sites for hydroxylation is 3. The van der Waals surface area contributed by atoms with E-state index >= 15 is 0 Å². The van der Waals surface area contributed by atoms with E-state index in [0.29, 0.717) is 19.0 Å². The number of aromatic nitrogens is 4. The Balaban J connectivity index is 1.59. The van der Waals surface area contributed by atoms with Crippen molar-refractivity contribution in [3.8, 4) is 0 Å². The topological polar surface area (TPSA) is 64.7 Å². The largest absolute Gasteiger partial charge is 0.353 e. The van der Waals surface area contributed by atoms with Crippen LogP contribution in [-0.4, -0.2) is 31.5 Å². The molecule has 2 heterocycles. The molecule has 0 aromatic carbocycles. The summed E-state index contributed by atoms with van der Waals surface area (Å²) in [6.45, 7) is 2.58. The zero-order valence-electron chi connectivity index (χ0n) is 12.8. The van der Waals surface area contributed by atoms with Gasteiger partial charge < -0.3 is 5.32 Å². The van der Waals surface area contributed by atoms with Gasteiger partial charge in [-0.1, -0.05) is 19.3 Å². The second-order valence-electron chi connectivity index (χ2n) is 5.96. The fourth-order valence-corrected chi connectivity index (χ4v) is 3.23. The van der Waals surface area contributed by atoms with Crippen LogP contribution in [0.25, 0.3) is 11.0 Å². The van der Waals surface area contributed by atoms with Crippen LogP contribution in [0.1, 0.15) is 44.2 Å². The summed E-state index contributed by atoms with van der Waals surface area (Å²) in [4.78, 5) is 12.1. The molecule has 6 nitrogen and oxygen atoms in total. The Morgan fingerprint density at radius 2 is 2.14 bits per heavy atom. The number of carbonyl (C=O) groups excluding carboxylic acids is 1. The van der Waals surface area contributed by atoms with Crippen LogP contribution in [0.2, 0.25) is 0 Å². The van der Waals surface area contributed by atoms with Gasteiger partial charge in [0.15, 0.2) is 0 Å². The Morgan fingerprint density at radius 1 is 1.38 bits per heavy atom. The first kappa shape index (κ1) is 14.1. The summed E-state index contributed by atoms with van der Waals surface area (Å²) in [7, 11) is 1.91. The fraction of sp³-hybridized carbons (Fsp3) is 0.667. The number of hydrogen-bond donors (Lipinski definition) is 1. The van der Waals surface area contributed by atoms with Gasteiger partial charge in [-0.05, 0) is 19.8 Å². The van der Waals surface area contributed by atoms with Gasteiger partial charge in [0.25, 0.3) is 0 Å². The molecule has 114 valence electrons. The van der Waals surface area contributed by atoms with Gasteiger partial charge in [0, 0.05) is 19.5 Å². The number of nitrogens with one attached hydrogen (secondary N) is 1. The molecule has 6 heteroatoms. The fourth-order valence-electron chi connectivity index (χ4n) is 3.23. The van der Waals surface area contributed by atoms with E-state index in [0.717, 1.165) is 29.6 Å². The van der Waals surface area contributed by atoms with Gasteiger partial charge in [-0.15, -0.1) is 0 Å². The standard InChI is InChI=1S/C15H23N5O/c1-11-15-13(19(2)18-11)10-16-20(15)9-8-14(21)17-12-6-4-3-5-7-12/h10,12H,3-9H2,1-2H3,(H,17,21). The monoisotopic (exact) mass is 289 g/mol. The van der Waals surface area contributed by atoms with Crippen molar-refractivity contribution in [1.82, 2.24) is 24.9 Å².